The monoisotopic (exact) mass is 242 g/mol. The van der Waals surface area contributed by atoms with Crippen molar-refractivity contribution in [2.75, 3.05) is 6.54 Å². The third-order valence-corrected chi connectivity index (χ3v) is 3.65. The van der Waals surface area contributed by atoms with E-state index in [2.05, 4.69) is 5.32 Å². The predicted molar refractivity (Wildman–Crippen MR) is 64.4 cm³/mol. The van der Waals surface area contributed by atoms with Crippen molar-refractivity contribution in [3.63, 3.8) is 0 Å². The van der Waals surface area contributed by atoms with Crippen LogP contribution < -0.4 is 11.1 Å². The second-order valence-electron chi connectivity index (χ2n) is 5.02. The van der Waals surface area contributed by atoms with Gasteiger partial charge in [-0.2, -0.15) is 0 Å². The maximum Gasteiger partial charge on any atom is 0.303 e. The van der Waals surface area contributed by atoms with Crippen molar-refractivity contribution in [3.8, 4) is 0 Å². The zero-order chi connectivity index (χ0) is 12.9. The first-order valence-electron chi connectivity index (χ1n) is 6.22. The van der Waals surface area contributed by atoms with Crippen LogP contribution in [0.2, 0.25) is 0 Å². The lowest BCUT2D eigenvalue weighted by Gasteiger charge is -2.27. The van der Waals surface area contributed by atoms with E-state index >= 15 is 0 Å². The molecule has 5 heteroatoms. The van der Waals surface area contributed by atoms with Gasteiger partial charge < -0.3 is 16.2 Å². The van der Waals surface area contributed by atoms with Gasteiger partial charge in [0.2, 0.25) is 5.91 Å². The number of carbonyl (C=O) groups excluding carboxylic acids is 1. The molecule has 0 aliphatic heterocycles. The van der Waals surface area contributed by atoms with Crippen molar-refractivity contribution in [1.82, 2.24) is 5.32 Å². The number of carboxylic acids is 1. The molecule has 0 aromatic rings. The van der Waals surface area contributed by atoms with Crippen LogP contribution in [0.25, 0.3) is 0 Å². The number of nitrogens with two attached hydrogens (primary N) is 1. The fourth-order valence-corrected chi connectivity index (χ4v) is 2.28. The Bertz CT molecular complexity index is 293. The van der Waals surface area contributed by atoms with Gasteiger partial charge in [-0.3, -0.25) is 9.59 Å². The number of aliphatic carboxylic acids is 1. The average molecular weight is 242 g/mol. The van der Waals surface area contributed by atoms with E-state index in [1.165, 1.54) is 0 Å². The number of hydrogen-bond donors (Lipinski definition) is 3. The Hall–Kier alpha value is -1.10. The molecule has 98 valence electrons. The summed E-state index contributed by atoms with van der Waals surface area (Å²) in [5.41, 5.74) is 5.51. The van der Waals surface area contributed by atoms with E-state index in [0.29, 0.717) is 19.4 Å². The zero-order valence-corrected chi connectivity index (χ0v) is 10.4. The number of hydrogen-bond acceptors (Lipinski definition) is 3. The lowest BCUT2D eigenvalue weighted by Crippen LogP contribution is -2.47. The van der Waals surface area contributed by atoms with Gasteiger partial charge in [-0.05, 0) is 32.6 Å². The van der Waals surface area contributed by atoms with Crippen LogP contribution in [0.1, 0.15) is 45.4 Å². The van der Waals surface area contributed by atoms with E-state index in [-0.39, 0.29) is 18.4 Å². The highest BCUT2D eigenvalue weighted by Crippen LogP contribution is 2.36. The fraction of sp³-hybridized carbons (Fsp3) is 0.833. The van der Waals surface area contributed by atoms with E-state index in [0.717, 1.165) is 19.3 Å². The van der Waals surface area contributed by atoms with Crippen molar-refractivity contribution >= 4 is 11.9 Å². The molecule has 1 aliphatic carbocycles. The van der Waals surface area contributed by atoms with Gasteiger partial charge in [0.1, 0.15) is 0 Å². The molecule has 2 unspecified atom stereocenters. The lowest BCUT2D eigenvalue weighted by molar-refractivity contribution is -0.137. The number of nitrogens with one attached hydrogen (secondary N) is 1. The van der Waals surface area contributed by atoms with Crippen LogP contribution >= 0.6 is 0 Å². The smallest absolute Gasteiger partial charge is 0.303 e. The fourth-order valence-electron chi connectivity index (χ4n) is 2.28. The molecule has 0 heterocycles. The molecule has 1 rings (SSSR count). The molecule has 0 radical (unpaired) electrons. The van der Waals surface area contributed by atoms with E-state index in [4.69, 9.17) is 10.8 Å². The summed E-state index contributed by atoms with van der Waals surface area (Å²) in [5.74, 6) is -0.779. The van der Waals surface area contributed by atoms with Gasteiger partial charge in [0.05, 0.1) is 5.41 Å². The minimum absolute atomic E-state index is 0.0119. The molecule has 4 N–H and O–H groups in total. The number of unbranched alkanes of at least 4 members (excludes halogenated alkanes) is 1. The second kappa shape index (κ2) is 6.00. The third-order valence-electron chi connectivity index (χ3n) is 3.65. The van der Waals surface area contributed by atoms with Crippen molar-refractivity contribution < 1.29 is 14.7 Å². The summed E-state index contributed by atoms with van der Waals surface area (Å²) in [6, 6.07) is -0.0541. The number of carbonyl (C=O) groups is 2. The highest BCUT2D eigenvalue weighted by molar-refractivity contribution is 5.83. The van der Waals surface area contributed by atoms with Gasteiger partial charge >= 0.3 is 5.97 Å². The first-order chi connectivity index (χ1) is 7.97. The van der Waals surface area contributed by atoms with Gasteiger partial charge in [0, 0.05) is 19.0 Å². The number of amides is 1. The topological polar surface area (TPSA) is 92.4 Å². The van der Waals surface area contributed by atoms with Crippen LogP contribution in [0.3, 0.4) is 0 Å². The summed E-state index contributed by atoms with van der Waals surface area (Å²) in [6.45, 7) is 2.45. The van der Waals surface area contributed by atoms with Gasteiger partial charge in [-0.25, -0.2) is 0 Å². The highest BCUT2D eigenvalue weighted by atomic mass is 16.4. The molecular formula is C12H22N2O3. The van der Waals surface area contributed by atoms with Gasteiger partial charge in [-0.15, -0.1) is 0 Å². The van der Waals surface area contributed by atoms with Crippen molar-refractivity contribution in [1.29, 1.82) is 0 Å². The molecule has 1 aliphatic rings. The first-order valence-corrected chi connectivity index (χ1v) is 6.22. The Morgan fingerprint density at radius 1 is 1.47 bits per heavy atom. The van der Waals surface area contributed by atoms with Crippen LogP contribution in [0, 0.1) is 5.41 Å². The van der Waals surface area contributed by atoms with Crippen LogP contribution in [-0.2, 0) is 9.59 Å². The Morgan fingerprint density at radius 2 is 2.18 bits per heavy atom. The summed E-state index contributed by atoms with van der Waals surface area (Å²) >= 11 is 0. The maximum atomic E-state index is 12.0. The second-order valence-corrected chi connectivity index (χ2v) is 5.02. The van der Waals surface area contributed by atoms with Gasteiger partial charge in [0.25, 0.3) is 0 Å². The van der Waals surface area contributed by atoms with Crippen LogP contribution in [0.5, 0.6) is 0 Å². The van der Waals surface area contributed by atoms with E-state index < -0.39 is 11.4 Å². The maximum absolute atomic E-state index is 12.0. The minimum atomic E-state index is -0.791. The van der Waals surface area contributed by atoms with Gasteiger partial charge in [0.15, 0.2) is 0 Å². The van der Waals surface area contributed by atoms with Crippen LogP contribution in [0.15, 0.2) is 0 Å². The molecule has 0 bridgehead atoms. The normalized spacial score (nSPS) is 28.0. The molecule has 0 saturated heterocycles. The SMILES string of the molecule is CC1(C(=O)NCCCCC(=O)O)CCCC1N. The Morgan fingerprint density at radius 3 is 2.71 bits per heavy atom. The van der Waals surface area contributed by atoms with E-state index in [1.807, 2.05) is 6.92 Å². The highest BCUT2D eigenvalue weighted by Gasteiger charge is 2.42. The van der Waals surface area contributed by atoms with E-state index in [1.54, 1.807) is 0 Å². The minimum Gasteiger partial charge on any atom is -0.481 e. The van der Waals surface area contributed by atoms with Crippen molar-refractivity contribution in [2.45, 2.75) is 51.5 Å². The molecule has 0 aromatic carbocycles. The molecule has 5 nitrogen and oxygen atoms in total. The summed E-state index contributed by atoms with van der Waals surface area (Å²) in [7, 11) is 0. The Labute approximate surface area is 102 Å². The first kappa shape index (κ1) is 14.0. The summed E-state index contributed by atoms with van der Waals surface area (Å²) in [4.78, 5) is 22.3. The molecule has 17 heavy (non-hydrogen) atoms. The van der Waals surface area contributed by atoms with Gasteiger partial charge in [-0.1, -0.05) is 6.42 Å². The van der Waals surface area contributed by atoms with Crippen LogP contribution in [0.4, 0.5) is 0 Å². The molecule has 1 amide bonds. The molecular weight excluding hydrogens is 220 g/mol. The summed E-state index contributed by atoms with van der Waals surface area (Å²) in [6.07, 6.45) is 4.20. The number of carboxylic acid groups (broad SMARTS) is 1. The molecule has 0 spiro atoms. The lowest BCUT2D eigenvalue weighted by atomic mass is 9.84. The summed E-state index contributed by atoms with van der Waals surface area (Å²) in [5, 5.41) is 11.3. The molecule has 1 saturated carbocycles. The number of rotatable bonds is 6. The van der Waals surface area contributed by atoms with Crippen molar-refractivity contribution in [2.24, 2.45) is 11.1 Å². The van der Waals surface area contributed by atoms with E-state index in [9.17, 15) is 9.59 Å². The Balaban J connectivity index is 2.23. The summed E-state index contributed by atoms with van der Waals surface area (Å²) < 4.78 is 0. The average Bonchev–Trinajstić information content (AvgIpc) is 2.59. The molecule has 2 atom stereocenters. The largest absolute Gasteiger partial charge is 0.481 e. The Kier molecular flexibility index (Phi) is 4.93. The van der Waals surface area contributed by atoms with Crippen molar-refractivity contribution in [3.05, 3.63) is 0 Å². The standard InChI is InChI=1S/C12H22N2O3/c1-12(7-4-5-9(12)13)11(17)14-8-3-2-6-10(15)16/h9H,2-8,13H2,1H3,(H,14,17)(H,15,16). The quantitative estimate of drug-likeness (QED) is 0.603. The molecule has 0 aromatic heterocycles. The molecule has 1 fully saturated rings. The third kappa shape index (κ3) is 3.70. The predicted octanol–water partition coefficient (Wildman–Crippen LogP) is 0.875. The zero-order valence-electron chi connectivity index (χ0n) is 10.4. The van der Waals surface area contributed by atoms with Crippen LogP contribution in [-0.4, -0.2) is 29.6 Å².